The van der Waals surface area contributed by atoms with Gasteiger partial charge in [-0.2, -0.15) is 0 Å². The van der Waals surface area contributed by atoms with E-state index in [4.69, 9.17) is 9.57 Å². The highest BCUT2D eigenvalue weighted by Gasteiger charge is 2.48. The Balaban J connectivity index is 2.86. The Morgan fingerprint density at radius 2 is 2.13 bits per heavy atom. The van der Waals surface area contributed by atoms with Crippen LogP contribution < -0.4 is 0 Å². The van der Waals surface area contributed by atoms with Crippen molar-refractivity contribution in [3.05, 3.63) is 12.7 Å². The van der Waals surface area contributed by atoms with Gasteiger partial charge in [-0.15, -0.1) is 6.58 Å². The van der Waals surface area contributed by atoms with E-state index in [9.17, 15) is 9.59 Å². The third kappa shape index (κ3) is 5.48. The van der Waals surface area contributed by atoms with Crippen molar-refractivity contribution in [2.75, 3.05) is 6.61 Å². The van der Waals surface area contributed by atoms with Gasteiger partial charge < -0.3 is 9.57 Å². The molecule has 130 valence electrons. The molecule has 23 heavy (non-hydrogen) atoms. The van der Waals surface area contributed by atoms with Crippen molar-refractivity contribution >= 4 is 17.7 Å². The first-order valence-corrected chi connectivity index (χ1v) is 8.66. The molecule has 1 saturated carbocycles. The lowest BCUT2D eigenvalue weighted by Gasteiger charge is -2.27. The fourth-order valence-electron chi connectivity index (χ4n) is 3.01. The highest BCUT2D eigenvalue weighted by molar-refractivity contribution is 6.08. The van der Waals surface area contributed by atoms with Crippen molar-refractivity contribution in [3.63, 3.8) is 0 Å². The standard InChI is InChI=1S/C18H29NO4/c1-4-7-8-9-13-18(17(21)22-6-3)14-10-12-15(18)19-23-16(20)11-5-2/h4H,1,5-14H2,2-3H3/b19-15+/t18-/m1/s1. The Labute approximate surface area is 139 Å². The highest BCUT2D eigenvalue weighted by Crippen LogP contribution is 2.42. The first kappa shape index (κ1) is 19.4. The quantitative estimate of drug-likeness (QED) is 0.199. The van der Waals surface area contributed by atoms with Crippen LogP contribution >= 0.6 is 0 Å². The minimum absolute atomic E-state index is 0.235. The monoisotopic (exact) mass is 323 g/mol. The van der Waals surface area contributed by atoms with Gasteiger partial charge in [-0.25, -0.2) is 4.79 Å². The van der Waals surface area contributed by atoms with Crippen molar-refractivity contribution in [1.29, 1.82) is 0 Å². The van der Waals surface area contributed by atoms with Crippen LogP contribution in [-0.4, -0.2) is 24.3 Å². The number of nitrogens with zero attached hydrogens (tertiary/aromatic N) is 1. The highest BCUT2D eigenvalue weighted by atomic mass is 16.7. The number of hydrogen-bond acceptors (Lipinski definition) is 5. The number of hydrogen-bond donors (Lipinski definition) is 0. The fourth-order valence-corrected chi connectivity index (χ4v) is 3.01. The predicted molar refractivity (Wildman–Crippen MR) is 90.0 cm³/mol. The zero-order valence-corrected chi connectivity index (χ0v) is 14.4. The molecule has 0 radical (unpaired) electrons. The van der Waals surface area contributed by atoms with Gasteiger partial charge in [0, 0.05) is 6.42 Å². The second-order valence-electron chi connectivity index (χ2n) is 5.94. The van der Waals surface area contributed by atoms with Crippen LogP contribution in [-0.2, 0) is 19.2 Å². The summed E-state index contributed by atoms with van der Waals surface area (Å²) in [6.45, 7) is 7.77. The number of ether oxygens (including phenoxy) is 1. The molecule has 1 atom stereocenters. The molecule has 0 amide bonds. The average Bonchev–Trinajstić information content (AvgIpc) is 2.94. The summed E-state index contributed by atoms with van der Waals surface area (Å²) >= 11 is 0. The Kier molecular flexibility index (Phi) is 8.59. The molecular formula is C18H29NO4. The summed E-state index contributed by atoms with van der Waals surface area (Å²) in [5.74, 6) is -0.585. The molecule has 1 aliphatic carbocycles. The van der Waals surface area contributed by atoms with Gasteiger partial charge >= 0.3 is 11.9 Å². The van der Waals surface area contributed by atoms with Gasteiger partial charge in [0.25, 0.3) is 0 Å². The molecule has 0 heterocycles. The SMILES string of the molecule is C=CCCCC[C@@]1(C(=O)OCC)CCC/C1=N\OC(=O)CCC. The molecule has 5 heteroatoms. The smallest absolute Gasteiger partial charge is 0.334 e. The first-order valence-electron chi connectivity index (χ1n) is 8.66. The molecule has 0 N–H and O–H groups in total. The summed E-state index contributed by atoms with van der Waals surface area (Å²) < 4.78 is 5.29. The van der Waals surface area contributed by atoms with Gasteiger partial charge in [0.2, 0.25) is 0 Å². The minimum Gasteiger partial charge on any atom is -0.465 e. The Morgan fingerprint density at radius 3 is 2.78 bits per heavy atom. The van der Waals surface area contributed by atoms with E-state index in [0.717, 1.165) is 25.7 Å². The van der Waals surface area contributed by atoms with Crippen LogP contribution in [0, 0.1) is 5.41 Å². The van der Waals surface area contributed by atoms with Crippen LogP contribution in [0.3, 0.4) is 0 Å². The van der Waals surface area contributed by atoms with Crippen LogP contribution in [0.25, 0.3) is 0 Å². The molecule has 0 aromatic rings. The normalized spacial score (nSPS) is 22.1. The summed E-state index contributed by atoms with van der Waals surface area (Å²) in [4.78, 5) is 29.1. The molecule has 0 unspecified atom stereocenters. The maximum atomic E-state index is 12.5. The van der Waals surface area contributed by atoms with Crippen molar-refractivity contribution in [2.24, 2.45) is 10.6 Å². The molecular weight excluding hydrogens is 294 g/mol. The van der Waals surface area contributed by atoms with Crippen molar-refractivity contribution in [3.8, 4) is 0 Å². The molecule has 0 aromatic heterocycles. The van der Waals surface area contributed by atoms with E-state index in [0.29, 0.717) is 44.4 Å². The van der Waals surface area contributed by atoms with Gasteiger partial charge in [0.15, 0.2) is 0 Å². The number of esters is 1. The minimum atomic E-state index is -0.719. The van der Waals surface area contributed by atoms with E-state index in [1.54, 1.807) is 6.92 Å². The zero-order valence-electron chi connectivity index (χ0n) is 14.4. The van der Waals surface area contributed by atoms with Crippen LogP contribution in [0.15, 0.2) is 17.8 Å². The molecule has 5 nitrogen and oxygen atoms in total. The van der Waals surface area contributed by atoms with Gasteiger partial charge in [-0.05, 0) is 51.9 Å². The van der Waals surface area contributed by atoms with Crippen LogP contribution in [0.2, 0.25) is 0 Å². The Morgan fingerprint density at radius 1 is 1.35 bits per heavy atom. The number of oxime groups is 1. The Hall–Kier alpha value is -1.65. The summed E-state index contributed by atoms with van der Waals surface area (Å²) in [7, 11) is 0. The summed E-state index contributed by atoms with van der Waals surface area (Å²) in [6.07, 6.45) is 8.68. The lowest BCUT2D eigenvalue weighted by Crippen LogP contribution is -2.37. The maximum absolute atomic E-state index is 12.5. The van der Waals surface area contributed by atoms with Crippen LogP contribution in [0.5, 0.6) is 0 Å². The number of unbranched alkanes of at least 4 members (excludes halogenated alkanes) is 2. The number of carbonyl (C=O) groups is 2. The van der Waals surface area contributed by atoms with Gasteiger partial charge in [0.1, 0.15) is 5.41 Å². The second kappa shape index (κ2) is 10.2. The van der Waals surface area contributed by atoms with Gasteiger partial charge in [0.05, 0.1) is 12.3 Å². The largest absolute Gasteiger partial charge is 0.465 e. The summed E-state index contributed by atoms with van der Waals surface area (Å²) in [5, 5.41) is 4.04. The lowest BCUT2D eigenvalue weighted by molar-refractivity contribution is -0.152. The number of allylic oxidation sites excluding steroid dienone is 1. The summed E-state index contributed by atoms with van der Waals surface area (Å²) in [6, 6.07) is 0. The maximum Gasteiger partial charge on any atom is 0.334 e. The van der Waals surface area contributed by atoms with Gasteiger partial charge in [-0.1, -0.05) is 24.6 Å². The third-order valence-corrected chi connectivity index (χ3v) is 4.21. The van der Waals surface area contributed by atoms with E-state index >= 15 is 0 Å². The molecule has 0 spiro atoms. The van der Waals surface area contributed by atoms with Crippen molar-refractivity contribution in [1.82, 2.24) is 0 Å². The lowest BCUT2D eigenvalue weighted by atomic mass is 9.79. The second-order valence-corrected chi connectivity index (χ2v) is 5.94. The molecule has 0 aromatic carbocycles. The van der Waals surface area contributed by atoms with Gasteiger partial charge in [-0.3, -0.25) is 4.79 Å². The van der Waals surface area contributed by atoms with Crippen LogP contribution in [0.4, 0.5) is 0 Å². The van der Waals surface area contributed by atoms with Crippen molar-refractivity contribution < 1.29 is 19.2 Å². The first-order chi connectivity index (χ1) is 11.1. The fraction of sp³-hybridized carbons (Fsp3) is 0.722. The third-order valence-electron chi connectivity index (χ3n) is 4.21. The topological polar surface area (TPSA) is 65.0 Å². The predicted octanol–water partition coefficient (Wildman–Crippen LogP) is 4.17. The van der Waals surface area contributed by atoms with E-state index < -0.39 is 5.41 Å². The number of carbonyl (C=O) groups excluding carboxylic acids is 2. The molecule has 1 fully saturated rings. The molecule has 0 saturated heterocycles. The molecule has 1 aliphatic rings. The molecule has 1 rings (SSSR count). The Bertz CT molecular complexity index is 444. The number of rotatable bonds is 10. The van der Waals surface area contributed by atoms with Crippen LogP contribution in [0.1, 0.15) is 71.6 Å². The molecule has 0 bridgehead atoms. The zero-order chi connectivity index (χ0) is 17.1. The van der Waals surface area contributed by atoms with E-state index in [2.05, 4.69) is 11.7 Å². The van der Waals surface area contributed by atoms with E-state index in [1.807, 2.05) is 13.0 Å². The van der Waals surface area contributed by atoms with Crippen molar-refractivity contribution in [2.45, 2.75) is 71.6 Å². The average molecular weight is 323 g/mol. The van der Waals surface area contributed by atoms with E-state index in [-0.39, 0.29) is 11.9 Å². The summed E-state index contributed by atoms with van der Waals surface area (Å²) in [5.41, 5.74) is -0.0528. The van der Waals surface area contributed by atoms with E-state index in [1.165, 1.54) is 0 Å². The molecule has 0 aliphatic heterocycles.